The highest BCUT2D eigenvalue weighted by molar-refractivity contribution is 7.09. The summed E-state index contributed by atoms with van der Waals surface area (Å²) in [5.41, 5.74) is 1.84. The fourth-order valence-corrected chi connectivity index (χ4v) is 4.07. The third-order valence-electron chi connectivity index (χ3n) is 4.92. The maximum absolute atomic E-state index is 12.8. The summed E-state index contributed by atoms with van der Waals surface area (Å²) in [6.07, 6.45) is 2.37. The first-order chi connectivity index (χ1) is 15.1. The molecule has 0 fully saturated rings. The van der Waals surface area contributed by atoms with Crippen LogP contribution in [0.5, 0.6) is 5.75 Å². The van der Waals surface area contributed by atoms with Crippen LogP contribution in [0.4, 0.5) is 0 Å². The smallest absolute Gasteiger partial charge is 0.261 e. The molecule has 0 saturated carbocycles. The SMILES string of the molecule is CCOc1ccc(CN2C(=O)c3ccccc3C2=O)cc1C(=O)NCCc1nccs1. The van der Waals surface area contributed by atoms with Crippen LogP contribution >= 0.6 is 11.3 Å². The molecule has 0 spiro atoms. The summed E-state index contributed by atoms with van der Waals surface area (Å²) in [4.78, 5) is 43.5. The second kappa shape index (κ2) is 9.09. The van der Waals surface area contributed by atoms with E-state index in [4.69, 9.17) is 4.74 Å². The summed E-state index contributed by atoms with van der Waals surface area (Å²) in [7, 11) is 0. The summed E-state index contributed by atoms with van der Waals surface area (Å²) >= 11 is 1.54. The number of imide groups is 1. The van der Waals surface area contributed by atoms with Crippen molar-refractivity contribution in [2.75, 3.05) is 13.2 Å². The maximum atomic E-state index is 12.8. The zero-order valence-corrected chi connectivity index (χ0v) is 17.8. The lowest BCUT2D eigenvalue weighted by molar-refractivity contribution is 0.0642. The molecule has 1 aliphatic rings. The van der Waals surface area contributed by atoms with Gasteiger partial charge < -0.3 is 10.1 Å². The Kier molecular flexibility index (Phi) is 6.08. The minimum atomic E-state index is -0.330. The molecule has 0 radical (unpaired) electrons. The van der Waals surface area contributed by atoms with Gasteiger partial charge in [-0.25, -0.2) is 4.98 Å². The van der Waals surface area contributed by atoms with Crippen LogP contribution in [0.15, 0.2) is 54.0 Å². The Hall–Kier alpha value is -3.52. The van der Waals surface area contributed by atoms with Crippen molar-refractivity contribution in [1.82, 2.24) is 15.2 Å². The molecule has 3 aromatic rings. The Morgan fingerprint density at radius 2 is 1.87 bits per heavy atom. The highest BCUT2D eigenvalue weighted by atomic mass is 32.1. The molecule has 2 aromatic carbocycles. The number of thiazole rings is 1. The molecule has 0 unspecified atom stereocenters. The second-order valence-electron chi connectivity index (χ2n) is 6.94. The van der Waals surface area contributed by atoms with Gasteiger partial charge >= 0.3 is 0 Å². The summed E-state index contributed by atoms with van der Waals surface area (Å²) in [6, 6.07) is 11.9. The number of carbonyl (C=O) groups excluding carboxylic acids is 3. The molecule has 3 amide bonds. The van der Waals surface area contributed by atoms with Crippen LogP contribution in [0.2, 0.25) is 0 Å². The number of fused-ring (bicyclic) bond motifs is 1. The van der Waals surface area contributed by atoms with Crippen LogP contribution in [0, 0.1) is 0 Å². The number of aromatic nitrogens is 1. The summed E-state index contributed by atoms with van der Waals surface area (Å²) in [5, 5.41) is 5.73. The first kappa shape index (κ1) is 20.7. The van der Waals surface area contributed by atoms with E-state index in [9.17, 15) is 14.4 Å². The largest absolute Gasteiger partial charge is 0.493 e. The summed E-state index contributed by atoms with van der Waals surface area (Å²) in [6.45, 7) is 2.78. The molecule has 7 nitrogen and oxygen atoms in total. The van der Waals surface area contributed by atoms with Crippen LogP contribution in [-0.4, -0.2) is 40.8 Å². The quantitative estimate of drug-likeness (QED) is 0.549. The predicted molar refractivity (Wildman–Crippen MR) is 116 cm³/mol. The monoisotopic (exact) mass is 435 g/mol. The van der Waals surface area contributed by atoms with E-state index in [1.54, 1.807) is 60.0 Å². The predicted octanol–water partition coefficient (Wildman–Crippen LogP) is 3.31. The third-order valence-corrected chi connectivity index (χ3v) is 5.75. The Morgan fingerprint density at radius 3 is 2.52 bits per heavy atom. The van der Waals surface area contributed by atoms with E-state index in [2.05, 4.69) is 10.3 Å². The van der Waals surface area contributed by atoms with Gasteiger partial charge in [0.1, 0.15) is 5.75 Å². The van der Waals surface area contributed by atoms with Gasteiger partial charge in [-0.05, 0) is 36.8 Å². The average Bonchev–Trinajstić information content (AvgIpc) is 3.38. The number of benzene rings is 2. The van der Waals surface area contributed by atoms with Crippen molar-refractivity contribution in [3.05, 3.63) is 81.3 Å². The van der Waals surface area contributed by atoms with Gasteiger partial charge in [0.2, 0.25) is 0 Å². The van der Waals surface area contributed by atoms with Gasteiger partial charge in [0.15, 0.2) is 0 Å². The highest BCUT2D eigenvalue weighted by Crippen LogP contribution is 2.26. The van der Waals surface area contributed by atoms with E-state index in [0.717, 1.165) is 5.01 Å². The maximum Gasteiger partial charge on any atom is 0.261 e. The molecule has 1 aliphatic heterocycles. The number of nitrogens with one attached hydrogen (secondary N) is 1. The molecule has 158 valence electrons. The number of ether oxygens (including phenoxy) is 1. The number of rotatable bonds is 8. The second-order valence-corrected chi connectivity index (χ2v) is 7.92. The minimum absolute atomic E-state index is 0.0815. The molecule has 8 heteroatoms. The minimum Gasteiger partial charge on any atom is -0.493 e. The van der Waals surface area contributed by atoms with Crippen LogP contribution in [0.25, 0.3) is 0 Å². The summed E-state index contributed by atoms with van der Waals surface area (Å²) in [5.74, 6) is -0.475. The molecule has 2 heterocycles. The third kappa shape index (κ3) is 4.34. The normalized spacial score (nSPS) is 12.7. The lowest BCUT2D eigenvalue weighted by atomic mass is 10.1. The van der Waals surface area contributed by atoms with Crippen molar-refractivity contribution in [3.8, 4) is 5.75 Å². The number of amides is 3. The Balaban J connectivity index is 1.51. The fourth-order valence-electron chi connectivity index (χ4n) is 3.45. The number of hydrogen-bond acceptors (Lipinski definition) is 6. The first-order valence-electron chi connectivity index (χ1n) is 9.96. The fraction of sp³-hybridized carbons (Fsp3) is 0.217. The van der Waals surface area contributed by atoms with Gasteiger partial charge in [-0.2, -0.15) is 0 Å². The lowest BCUT2D eigenvalue weighted by Gasteiger charge is -2.16. The topological polar surface area (TPSA) is 88.6 Å². The molecule has 0 aliphatic carbocycles. The van der Waals surface area contributed by atoms with Crippen molar-refractivity contribution >= 4 is 29.1 Å². The van der Waals surface area contributed by atoms with Crippen LogP contribution in [0.1, 0.15) is 48.6 Å². The van der Waals surface area contributed by atoms with E-state index in [1.807, 2.05) is 12.3 Å². The number of carbonyl (C=O) groups is 3. The van der Waals surface area contributed by atoms with Gasteiger partial charge in [-0.3, -0.25) is 19.3 Å². The lowest BCUT2D eigenvalue weighted by Crippen LogP contribution is -2.29. The van der Waals surface area contributed by atoms with Gasteiger partial charge in [0.05, 0.1) is 34.8 Å². The molecule has 1 aromatic heterocycles. The van der Waals surface area contributed by atoms with E-state index in [1.165, 1.54) is 4.90 Å². The molecule has 0 atom stereocenters. The Labute approximate surface area is 183 Å². The van der Waals surface area contributed by atoms with Gasteiger partial charge in [0.25, 0.3) is 17.7 Å². The van der Waals surface area contributed by atoms with Gasteiger partial charge in [-0.1, -0.05) is 18.2 Å². The van der Waals surface area contributed by atoms with E-state index in [-0.39, 0.29) is 24.3 Å². The number of nitrogens with zero attached hydrogens (tertiary/aromatic N) is 2. The van der Waals surface area contributed by atoms with Gasteiger partial charge in [0, 0.05) is 24.5 Å². The molecule has 4 rings (SSSR count). The molecular weight excluding hydrogens is 414 g/mol. The molecular formula is C23H21N3O4S. The van der Waals surface area contributed by atoms with Crippen molar-refractivity contribution in [1.29, 1.82) is 0 Å². The first-order valence-corrected chi connectivity index (χ1v) is 10.8. The van der Waals surface area contributed by atoms with Crippen LogP contribution in [-0.2, 0) is 13.0 Å². The summed E-state index contributed by atoms with van der Waals surface area (Å²) < 4.78 is 5.61. The Bertz CT molecular complexity index is 1090. The van der Waals surface area contributed by atoms with Crippen molar-refractivity contribution in [3.63, 3.8) is 0 Å². The standard InChI is InChI=1S/C23H21N3O4S/c1-2-30-19-8-7-15(13-18(19)21(27)25-10-9-20-24-11-12-31-20)14-26-22(28)16-5-3-4-6-17(16)23(26)29/h3-8,11-13H,2,9-10,14H2,1H3,(H,25,27). The van der Waals surface area contributed by atoms with Gasteiger partial charge in [-0.15, -0.1) is 11.3 Å². The average molecular weight is 436 g/mol. The molecule has 0 bridgehead atoms. The highest BCUT2D eigenvalue weighted by Gasteiger charge is 2.35. The van der Waals surface area contributed by atoms with Crippen molar-refractivity contribution in [2.45, 2.75) is 19.9 Å². The Morgan fingerprint density at radius 1 is 1.13 bits per heavy atom. The molecule has 31 heavy (non-hydrogen) atoms. The zero-order chi connectivity index (χ0) is 21.8. The molecule has 1 N–H and O–H groups in total. The van der Waals surface area contributed by atoms with Crippen LogP contribution < -0.4 is 10.1 Å². The molecule has 0 saturated heterocycles. The zero-order valence-electron chi connectivity index (χ0n) is 17.0. The van der Waals surface area contributed by atoms with E-state index >= 15 is 0 Å². The van der Waals surface area contributed by atoms with E-state index in [0.29, 0.717) is 47.6 Å². The van der Waals surface area contributed by atoms with Crippen molar-refractivity contribution in [2.24, 2.45) is 0 Å². The van der Waals surface area contributed by atoms with Crippen molar-refractivity contribution < 1.29 is 19.1 Å². The van der Waals surface area contributed by atoms with Crippen LogP contribution in [0.3, 0.4) is 0 Å². The van der Waals surface area contributed by atoms with E-state index < -0.39 is 0 Å². The number of hydrogen-bond donors (Lipinski definition) is 1.